The van der Waals surface area contributed by atoms with Crippen molar-refractivity contribution in [2.75, 3.05) is 4.90 Å². The molecule has 7 heteroatoms. The first kappa shape index (κ1) is 14.0. The summed E-state index contributed by atoms with van der Waals surface area (Å²) in [6, 6.07) is 6.72. The summed E-state index contributed by atoms with van der Waals surface area (Å²) >= 11 is 11.7. The van der Waals surface area contributed by atoms with Gasteiger partial charge in [-0.05, 0) is 24.3 Å². The molecule has 106 valence electrons. The number of carbonyl (C=O) groups excluding carboxylic acids is 2. The molecule has 4 nitrogen and oxygen atoms in total. The zero-order valence-corrected chi connectivity index (χ0v) is 12.0. The lowest BCUT2D eigenvalue weighted by molar-refractivity contribution is -0.114. The summed E-state index contributed by atoms with van der Waals surface area (Å²) in [7, 11) is 0. The normalized spacial score (nSPS) is 13.8. The highest BCUT2D eigenvalue weighted by Gasteiger charge is 2.36. The van der Waals surface area contributed by atoms with E-state index in [-0.39, 0.29) is 28.1 Å². The number of anilines is 1. The third kappa shape index (κ3) is 2.39. The van der Waals surface area contributed by atoms with E-state index in [0.29, 0.717) is 5.56 Å². The molecule has 0 atom stereocenters. The molecule has 0 unspecified atom stereocenters. The van der Waals surface area contributed by atoms with Crippen molar-refractivity contribution in [2.45, 2.75) is 6.54 Å². The van der Waals surface area contributed by atoms with E-state index in [1.54, 1.807) is 6.07 Å². The standard InChI is InChI=1S/C14H7Cl2FN2O2/c15-11-4-1-7(13(16)18-11)6-19-10-5-8(17)2-3-9(10)12(20)14(19)21/h1-5H,6H2. The molecule has 2 heterocycles. The highest BCUT2D eigenvalue weighted by atomic mass is 35.5. The molecule has 1 amide bonds. The molecule has 3 rings (SSSR count). The third-order valence-electron chi connectivity index (χ3n) is 3.16. The quantitative estimate of drug-likeness (QED) is 0.629. The molecule has 0 spiro atoms. The molecule has 1 aromatic heterocycles. The Morgan fingerprint density at radius 3 is 2.62 bits per heavy atom. The smallest absolute Gasteiger partial charge is 0.299 e. The second kappa shape index (κ2) is 5.09. The lowest BCUT2D eigenvalue weighted by Gasteiger charge is -2.17. The number of carbonyl (C=O) groups is 2. The summed E-state index contributed by atoms with van der Waals surface area (Å²) in [6.45, 7) is 0.0179. The van der Waals surface area contributed by atoms with Gasteiger partial charge >= 0.3 is 0 Å². The van der Waals surface area contributed by atoms with Gasteiger partial charge in [-0.15, -0.1) is 0 Å². The van der Waals surface area contributed by atoms with E-state index < -0.39 is 17.5 Å². The van der Waals surface area contributed by atoms with E-state index in [9.17, 15) is 14.0 Å². The van der Waals surface area contributed by atoms with Crippen molar-refractivity contribution in [3.63, 3.8) is 0 Å². The summed E-state index contributed by atoms with van der Waals surface area (Å²) in [4.78, 5) is 28.9. The molecule has 1 aliphatic rings. The Balaban J connectivity index is 2.02. The average molecular weight is 325 g/mol. The minimum atomic E-state index is -0.721. The van der Waals surface area contributed by atoms with Crippen LogP contribution in [0.3, 0.4) is 0 Å². The van der Waals surface area contributed by atoms with E-state index in [2.05, 4.69) is 4.98 Å². The molecule has 1 aromatic carbocycles. The van der Waals surface area contributed by atoms with Gasteiger partial charge in [0.2, 0.25) is 0 Å². The molecule has 0 saturated carbocycles. The van der Waals surface area contributed by atoms with Crippen LogP contribution in [0.1, 0.15) is 15.9 Å². The first-order valence-electron chi connectivity index (χ1n) is 5.94. The molecule has 1 aliphatic heterocycles. The van der Waals surface area contributed by atoms with Crippen LogP contribution in [0.25, 0.3) is 0 Å². The van der Waals surface area contributed by atoms with Crippen LogP contribution in [0.2, 0.25) is 10.3 Å². The summed E-state index contributed by atoms with van der Waals surface area (Å²) in [5.74, 6) is -1.91. The maximum atomic E-state index is 13.4. The summed E-state index contributed by atoms with van der Waals surface area (Å²) in [6.07, 6.45) is 0. The first-order valence-corrected chi connectivity index (χ1v) is 6.69. The number of rotatable bonds is 2. The maximum absolute atomic E-state index is 13.4. The fourth-order valence-electron chi connectivity index (χ4n) is 2.15. The number of halogens is 3. The Bertz CT molecular complexity index is 780. The van der Waals surface area contributed by atoms with Gasteiger partial charge in [0.25, 0.3) is 11.7 Å². The molecule has 0 aliphatic carbocycles. The SMILES string of the molecule is O=C1C(=O)N(Cc2ccc(Cl)nc2Cl)c2cc(F)ccc21. The van der Waals surface area contributed by atoms with Gasteiger partial charge in [0.1, 0.15) is 16.1 Å². The predicted octanol–water partition coefficient (Wildman–Crippen LogP) is 3.26. The van der Waals surface area contributed by atoms with Gasteiger partial charge in [-0.1, -0.05) is 29.3 Å². The Morgan fingerprint density at radius 2 is 1.90 bits per heavy atom. The molecular formula is C14H7Cl2FN2O2. The summed E-state index contributed by atoms with van der Waals surface area (Å²) in [5, 5.41) is 0.353. The van der Waals surface area contributed by atoms with Gasteiger partial charge in [-0.2, -0.15) is 0 Å². The van der Waals surface area contributed by atoms with Crippen molar-refractivity contribution in [3.8, 4) is 0 Å². The molecule has 0 fully saturated rings. The molecule has 0 N–H and O–H groups in total. The van der Waals surface area contributed by atoms with E-state index in [4.69, 9.17) is 23.2 Å². The van der Waals surface area contributed by atoms with Crippen LogP contribution < -0.4 is 4.90 Å². The molecule has 0 radical (unpaired) electrons. The third-order valence-corrected chi connectivity index (χ3v) is 3.69. The molecule has 0 bridgehead atoms. The van der Waals surface area contributed by atoms with Crippen LogP contribution >= 0.6 is 23.2 Å². The fourth-order valence-corrected chi connectivity index (χ4v) is 2.56. The van der Waals surface area contributed by atoms with Crippen LogP contribution in [-0.4, -0.2) is 16.7 Å². The summed E-state index contributed by atoms with van der Waals surface area (Å²) in [5.41, 5.74) is 0.926. The Hall–Kier alpha value is -1.98. The number of benzene rings is 1. The fraction of sp³-hybridized carbons (Fsp3) is 0.0714. The number of hydrogen-bond acceptors (Lipinski definition) is 3. The number of amides is 1. The van der Waals surface area contributed by atoms with E-state index in [1.165, 1.54) is 17.0 Å². The number of aromatic nitrogens is 1. The second-order valence-corrected chi connectivity index (χ2v) is 5.21. The lowest BCUT2D eigenvalue weighted by Crippen LogP contribution is -2.29. The minimum absolute atomic E-state index is 0.0179. The number of pyridine rings is 1. The number of Topliss-reactive ketones (excluding diaryl/α,β-unsaturated/α-hetero) is 1. The molecule has 21 heavy (non-hydrogen) atoms. The van der Waals surface area contributed by atoms with Crippen LogP contribution in [0.5, 0.6) is 0 Å². The van der Waals surface area contributed by atoms with Gasteiger partial charge < -0.3 is 4.90 Å². The highest BCUT2D eigenvalue weighted by Crippen LogP contribution is 2.32. The minimum Gasteiger partial charge on any atom is -0.300 e. The zero-order valence-electron chi connectivity index (χ0n) is 10.4. The van der Waals surface area contributed by atoms with Crippen molar-refractivity contribution in [1.82, 2.24) is 4.98 Å². The zero-order chi connectivity index (χ0) is 15.1. The van der Waals surface area contributed by atoms with E-state index >= 15 is 0 Å². The Kier molecular flexibility index (Phi) is 3.39. The lowest BCUT2D eigenvalue weighted by atomic mass is 10.1. The van der Waals surface area contributed by atoms with Gasteiger partial charge in [-0.25, -0.2) is 9.37 Å². The largest absolute Gasteiger partial charge is 0.300 e. The Morgan fingerprint density at radius 1 is 1.14 bits per heavy atom. The van der Waals surface area contributed by atoms with Gasteiger partial charge in [-0.3, -0.25) is 9.59 Å². The van der Waals surface area contributed by atoms with E-state index in [0.717, 1.165) is 12.1 Å². The van der Waals surface area contributed by atoms with Crippen molar-refractivity contribution in [1.29, 1.82) is 0 Å². The van der Waals surface area contributed by atoms with Crippen LogP contribution in [0.15, 0.2) is 30.3 Å². The van der Waals surface area contributed by atoms with Crippen molar-refractivity contribution >= 4 is 40.6 Å². The van der Waals surface area contributed by atoms with Crippen molar-refractivity contribution < 1.29 is 14.0 Å². The number of fused-ring (bicyclic) bond motifs is 1. The highest BCUT2D eigenvalue weighted by molar-refractivity contribution is 6.52. The second-order valence-electron chi connectivity index (χ2n) is 4.47. The number of hydrogen-bond donors (Lipinski definition) is 0. The summed E-state index contributed by atoms with van der Waals surface area (Å²) < 4.78 is 13.4. The predicted molar refractivity (Wildman–Crippen MR) is 76.2 cm³/mol. The average Bonchev–Trinajstić information content (AvgIpc) is 2.66. The molecule has 0 saturated heterocycles. The van der Waals surface area contributed by atoms with Crippen molar-refractivity contribution in [2.24, 2.45) is 0 Å². The number of nitrogens with zero attached hydrogens (tertiary/aromatic N) is 2. The number of ketones is 1. The van der Waals surface area contributed by atoms with Crippen LogP contribution in [-0.2, 0) is 11.3 Å². The van der Waals surface area contributed by atoms with E-state index in [1.807, 2.05) is 0 Å². The van der Waals surface area contributed by atoms with Gasteiger partial charge in [0.05, 0.1) is 17.8 Å². The van der Waals surface area contributed by atoms with Crippen LogP contribution in [0, 0.1) is 5.82 Å². The monoisotopic (exact) mass is 324 g/mol. The van der Waals surface area contributed by atoms with Gasteiger partial charge in [0.15, 0.2) is 0 Å². The van der Waals surface area contributed by atoms with Crippen molar-refractivity contribution in [3.05, 3.63) is 57.6 Å². The molecule has 2 aromatic rings. The van der Waals surface area contributed by atoms with Crippen LogP contribution in [0.4, 0.5) is 10.1 Å². The Labute approximate surface area is 129 Å². The first-order chi connectivity index (χ1) is 9.97. The van der Waals surface area contributed by atoms with Gasteiger partial charge in [0, 0.05) is 5.56 Å². The topological polar surface area (TPSA) is 50.3 Å². The molecular weight excluding hydrogens is 318 g/mol. The maximum Gasteiger partial charge on any atom is 0.299 e.